The lowest BCUT2D eigenvalue weighted by Gasteiger charge is -2.16. The van der Waals surface area contributed by atoms with Crippen molar-refractivity contribution in [1.82, 2.24) is 0 Å². The van der Waals surface area contributed by atoms with Gasteiger partial charge >= 0.3 is 0 Å². The highest BCUT2D eigenvalue weighted by Gasteiger charge is 2.16. The predicted molar refractivity (Wildman–Crippen MR) is 124 cm³/mol. The molecular formula is C24H23ClN2O5. The molecule has 0 bridgehead atoms. The van der Waals surface area contributed by atoms with Gasteiger partial charge < -0.3 is 24.8 Å². The predicted octanol–water partition coefficient (Wildman–Crippen LogP) is 4.77. The molecule has 3 rings (SSSR count). The minimum Gasteiger partial charge on any atom is -0.493 e. The van der Waals surface area contributed by atoms with E-state index in [-0.39, 0.29) is 18.4 Å². The van der Waals surface area contributed by atoms with Crippen LogP contribution in [0.5, 0.6) is 17.2 Å². The fourth-order valence-electron chi connectivity index (χ4n) is 2.74. The number of carbonyl (C=O) groups is 2. The third-order valence-electron chi connectivity index (χ3n) is 4.37. The van der Waals surface area contributed by atoms with Crippen LogP contribution in [0.25, 0.3) is 0 Å². The van der Waals surface area contributed by atoms with Crippen LogP contribution in [0.3, 0.4) is 0 Å². The van der Waals surface area contributed by atoms with Gasteiger partial charge in [-0.1, -0.05) is 35.9 Å². The smallest absolute Gasteiger partial charge is 0.265 e. The molecule has 0 fully saturated rings. The second-order valence-electron chi connectivity index (χ2n) is 6.74. The van der Waals surface area contributed by atoms with E-state index < -0.39 is 6.10 Å². The molecule has 7 nitrogen and oxygen atoms in total. The average molecular weight is 455 g/mol. The highest BCUT2D eigenvalue weighted by molar-refractivity contribution is 6.32. The third kappa shape index (κ3) is 6.39. The Morgan fingerprint density at radius 3 is 2.03 bits per heavy atom. The number of nitrogens with one attached hydrogen (secondary N) is 2. The summed E-state index contributed by atoms with van der Waals surface area (Å²) in [6.07, 6.45) is -0.749. The van der Waals surface area contributed by atoms with E-state index in [1.165, 1.54) is 7.11 Å². The Bertz CT molecular complexity index is 1070. The standard InChI is InChI=1S/C24H23ClN2O5/c1-16(32-20-8-4-3-7-19(20)25)24(29)27-18-13-11-17(12-14-18)26-23(28)15-31-22-10-6-5-9-21(22)30-2/h3-14,16H,15H2,1-2H3,(H,26,28)(H,27,29). The fraction of sp³-hybridized carbons (Fsp3) is 0.167. The summed E-state index contributed by atoms with van der Waals surface area (Å²) in [5, 5.41) is 5.93. The molecule has 1 atom stereocenters. The van der Waals surface area contributed by atoms with Crippen molar-refractivity contribution in [1.29, 1.82) is 0 Å². The maximum Gasteiger partial charge on any atom is 0.265 e. The maximum absolute atomic E-state index is 12.4. The van der Waals surface area contributed by atoms with Crippen molar-refractivity contribution < 1.29 is 23.8 Å². The van der Waals surface area contributed by atoms with E-state index in [4.69, 9.17) is 25.8 Å². The molecule has 0 saturated heterocycles. The molecule has 3 aromatic rings. The molecule has 0 saturated carbocycles. The van der Waals surface area contributed by atoms with Crippen LogP contribution >= 0.6 is 11.6 Å². The van der Waals surface area contributed by atoms with Gasteiger partial charge in [0.15, 0.2) is 24.2 Å². The lowest BCUT2D eigenvalue weighted by Crippen LogP contribution is -2.30. The molecule has 0 heterocycles. The zero-order chi connectivity index (χ0) is 22.9. The number of halogens is 1. The molecule has 3 aromatic carbocycles. The summed E-state index contributed by atoms with van der Waals surface area (Å²) in [7, 11) is 1.53. The van der Waals surface area contributed by atoms with E-state index in [2.05, 4.69) is 10.6 Å². The second kappa shape index (κ2) is 11.1. The van der Waals surface area contributed by atoms with Crippen molar-refractivity contribution in [2.75, 3.05) is 24.4 Å². The Labute approximate surface area is 191 Å². The van der Waals surface area contributed by atoms with Crippen LogP contribution in [0.15, 0.2) is 72.8 Å². The van der Waals surface area contributed by atoms with Gasteiger partial charge in [0.1, 0.15) is 5.75 Å². The number of anilines is 2. The van der Waals surface area contributed by atoms with Crippen molar-refractivity contribution in [3.05, 3.63) is 77.8 Å². The first-order valence-corrected chi connectivity index (χ1v) is 10.2. The molecule has 0 spiro atoms. The highest BCUT2D eigenvalue weighted by atomic mass is 35.5. The summed E-state index contributed by atoms with van der Waals surface area (Å²) < 4.78 is 16.3. The van der Waals surface area contributed by atoms with Gasteiger partial charge in [0.25, 0.3) is 11.8 Å². The first-order chi connectivity index (χ1) is 15.5. The van der Waals surface area contributed by atoms with Crippen LogP contribution < -0.4 is 24.8 Å². The SMILES string of the molecule is COc1ccccc1OCC(=O)Nc1ccc(NC(=O)C(C)Oc2ccccc2Cl)cc1. The van der Waals surface area contributed by atoms with Crippen molar-refractivity contribution in [3.63, 3.8) is 0 Å². The van der Waals surface area contributed by atoms with Gasteiger partial charge in [-0.25, -0.2) is 0 Å². The molecule has 2 amide bonds. The molecule has 0 aliphatic rings. The Morgan fingerprint density at radius 1 is 0.844 bits per heavy atom. The quantitative estimate of drug-likeness (QED) is 0.486. The summed E-state index contributed by atoms with van der Waals surface area (Å²) in [6, 6.07) is 20.7. The zero-order valence-corrected chi connectivity index (χ0v) is 18.4. The van der Waals surface area contributed by atoms with Crippen molar-refractivity contribution >= 4 is 34.8 Å². The number of rotatable bonds is 9. The minimum atomic E-state index is -0.749. The van der Waals surface area contributed by atoms with Crippen LogP contribution in [0.1, 0.15) is 6.92 Å². The van der Waals surface area contributed by atoms with Crippen molar-refractivity contribution in [2.24, 2.45) is 0 Å². The molecule has 1 unspecified atom stereocenters. The van der Waals surface area contributed by atoms with Gasteiger partial charge in [-0.2, -0.15) is 0 Å². The normalized spacial score (nSPS) is 11.2. The first kappa shape index (κ1) is 23.0. The zero-order valence-electron chi connectivity index (χ0n) is 17.6. The van der Waals surface area contributed by atoms with E-state index in [1.807, 2.05) is 6.07 Å². The van der Waals surface area contributed by atoms with E-state index in [0.717, 1.165) is 0 Å². The Hall–Kier alpha value is -3.71. The highest BCUT2D eigenvalue weighted by Crippen LogP contribution is 2.26. The van der Waals surface area contributed by atoms with Gasteiger partial charge in [-0.05, 0) is 55.5 Å². The van der Waals surface area contributed by atoms with E-state index in [1.54, 1.807) is 73.7 Å². The molecule has 32 heavy (non-hydrogen) atoms. The van der Waals surface area contributed by atoms with Gasteiger partial charge in [0.2, 0.25) is 0 Å². The summed E-state index contributed by atoms with van der Waals surface area (Å²) in [6.45, 7) is 1.46. The molecule has 0 aliphatic carbocycles. The summed E-state index contributed by atoms with van der Waals surface area (Å²) in [5.41, 5.74) is 1.13. The molecule has 0 aromatic heterocycles. The second-order valence-corrected chi connectivity index (χ2v) is 7.15. The lowest BCUT2D eigenvalue weighted by molar-refractivity contribution is -0.122. The van der Waals surface area contributed by atoms with E-state index in [0.29, 0.717) is 33.6 Å². The van der Waals surface area contributed by atoms with Crippen LogP contribution in [0, 0.1) is 0 Å². The topological polar surface area (TPSA) is 85.9 Å². The summed E-state index contributed by atoms with van der Waals surface area (Å²) in [5.74, 6) is 0.816. The third-order valence-corrected chi connectivity index (χ3v) is 4.69. The van der Waals surface area contributed by atoms with Crippen molar-refractivity contribution in [3.8, 4) is 17.2 Å². The number of ether oxygens (including phenoxy) is 3. The molecule has 0 radical (unpaired) electrons. The van der Waals surface area contributed by atoms with Crippen LogP contribution in [-0.4, -0.2) is 31.6 Å². The number of carbonyl (C=O) groups excluding carboxylic acids is 2. The molecule has 8 heteroatoms. The molecule has 2 N–H and O–H groups in total. The van der Waals surface area contributed by atoms with E-state index >= 15 is 0 Å². The largest absolute Gasteiger partial charge is 0.493 e. The monoisotopic (exact) mass is 454 g/mol. The van der Waals surface area contributed by atoms with Gasteiger partial charge in [0.05, 0.1) is 12.1 Å². The fourth-order valence-corrected chi connectivity index (χ4v) is 2.92. The number of methoxy groups -OCH3 is 1. The van der Waals surface area contributed by atoms with Crippen LogP contribution in [0.4, 0.5) is 11.4 Å². The van der Waals surface area contributed by atoms with Crippen LogP contribution in [-0.2, 0) is 9.59 Å². The number of amides is 2. The Morgan fingerprint density at radius 2 is 1.41 bits per heavy atom. The average Bonchev–Trinajstić information content (AvgIpc) is 2.80. The number of hydrogen-bond acceptors (Lipinski definition) is 5. The first-order valence-electron chi connectivity index (χ1n) is 9.84. The number of hydrogen-bond donors (Lipinski definition) is 2. The Balaban J connectivity index is 1.49. The van der Waals surface area contributed by atoms with Crippen molar-refractivity contribution in [2.45, 2.75) is 13.0 Å². The minimum absolute atomic E-state index is 0.171. The molecule has 166 valence electrons. The number of benzene rings is 3. The van der Waals surface area contributed by atoms with E-state index in [9.17, 15) is 9.59 Å². The summed E-state index contributed by atoms with van der Waals surface area (Å²) in [4.78, 5) is 24.6. The van der Waals surface area contributed by atoms with Gasteiger partial charge in [-0.3, -0.25) is 9.59 Å². The lowest BCUT2D eigenvalue weighted by atomic mass is 10.2. The Kier molecular flexibility index (Phi) is 7.94. The van der Waals surface area contributed by atoms with Gasteiger partial charge in [-0.15, -0.1) is 0 Å². The van der Waals surface area contributed by atoms with Gasteiger partial charge in [0, 0.05) is 11.4 Å². The molecular weight excluding hydrogens is 432 g/mol. The molecule has 0 aliphatic heterocycles. The maximum atomic E-state index is 12.4. The number of para-hydroxylation sites is 3. The summed E-state index contributed by atoms with van der Waals surface area (Å²) >= 11 is 6.06. The van der Waals surface area contributed by atoms with Crippen LogP contribution in [0.2, 0.25) is 5.02 Å².